The van der Waals surface area contributed by atoms with Gasteiger partial charge in [-0.2, -0.15) is 10.2 Å². The van der Waals surface area contributed by atoms with Crippen molar-refractivity contribution in [3.05, 3.63) is 72.4 Å². The van der Waals surface area contributed by atoms with E-state index in [1.807, 2.05) is 6.07 Å². The van der Waals surface area contributed by atoms with Gasteiger partial charge in [0.05, 0.1) is 24.3 Å². The maximum atomic E-state index is 15.0. The van der Waals surface area contributed by atoms with Gasteiger partial charge in [0.2, 0.25) is 0 Å². The first-order valence-electron chi connectivity index (χ1n) is 14.0. The normalized spacial score (nSPS) is 17.0. The molecule has 9 heteroatoms. The van der Waals surface area contributed by atoms with Crippen LogP contribution in [0, 0.1) is 23.5 Å². The molecular formula is C30H38F2N6O. The second-order valence-corrected chi connectivity index (χ2v) is 11.5. The number of halogens is 2. The Labute approximate surface area is 228 Å². The molecule has 2 aromatic carbocycles. The van der Waals surface area contributed by atoms with Crippen LogP contribution in [-0.2, 0) is 12.1 Å². The molecular weight excluding hydrogens is 498 g/mol. The van der Waals surface area contributed by atoms with E-state index in [1.54, 1.807) is 17.8 Å². The lowest BCUT2D eigenvalue weighted by Gasteiger charge is -2.35. The summed E-state index contributed by atoms with van der Waals surface area (Å²) in [5.74, 6) is -0.281. The Hall–Kier alpha value is -3.33. The summed E-state index contributed by atoms with van der Waals surface area (Å²) in [6.45, 7) is 8.23. The van der Waals surface area contributed by atoms with Crippen molar-refractivity contribution in [1.82, 2.24) is 24.5 Å². The lowest BCUT2D eigenvalue weighted by atomic mass is 9.86. The number of hydrogen-bond donors (Lipinski definition) is 1. The van der Waals surface area contributed by atoms with E-state index in [-0.39, 0.29) is 12.1 Å². The van der Waals surface area contributed by atoms with Gasteiger partial charge in [0.25, 0.3) is 0 Å². The minimum absolute atomic E-state index is 0.0252. The SMILES string of the molecule is CC(C)CN(CC1CCCCC1)c1ccc2c(cnn2[C@H](C)[C@](O)(Cn2cncn2)c2ccc(F)cc2F)c1. The van der Waals surface area contributed by atoms with Gasteiger partial charge in [0, 0.05) is 35.8 Å². The van der Waals surface area contributed by atoms with Gasteiger partial charge < -0.3 is 10.0 Å². The third-order valence-corrected chi connectivity index (χ3v) is 8.06. The van der Waals surface area contributed by atoms with Gasteiger partial charge in [-0.25, -0.2) is 18.4 Å². The van der Waals surface area contributed by atoms with E-state index in [4.69, 9.17) is 0 Å². The van der Waals surface area contributed by atoms with Crippen molar-refractivity contribution in [1.29, 1.82) is 0 Å². The van der Waals surface area contributed by atoms with Crippen LogP contribution in [0.3, 0.4) is 0 Å². The highest BCUT2D eigenvalue weighted by Gasteiger charge is 2.41. The van der Waals surface area contributed by atoms with Crippen LogP contribution in [0.5, 0.6) is 0 Å². The summed E-state index contributed by atoms with van der Waals surface area (Å²) in [4.78, 5) is 6.45. The number of hydrogen-bond acceptors (Lipinski definition) is 5. The van der Waals surface area contributed by atoms with Gasteiger partial charge in [-0.1, -0.05) is 39.2 Å². The first-order chi connectivity index (χ1) is 18.7. The zero-order valence-electron chi connectivity index (χ0n) is 23.0. The number of aliphatic hydroxyl groups is 1. The van der Waals surface area contributed by atoms with Gasteiger partial charge >= 0.3 is 0 Å². The molecule has 0 unspecified atom stereocenters. The van der Waals surface area contributed by atoms with Gasteiger partial charge in [-0.05, 0) is 55.9 Å². The average Bonchev–Trinajstić information content (AvgIpc) is 3.57. The molecule has 1 fully saturated rings. The van der Waals surface area contributed by atoms with E-state index < -0.39 is 23.3 Å². The molecule has 0 saturated heterocycles. The minimum Gasteiger partial charge on any atom is -0.381 e. The maximum absolute atomic E-state index is 15.0. The van der Waals surface area contributed by atoms with Crippen molar-refractivity contribution in [3.63, 3.8) is 0 Å². The molecule has 1 aliphatic carbocycles. The summed E-state index contributed by atoms with van der Waals surface area (Å²) in [7, 11) is 0. The molecule has 2 atom stereocenters. The Bertz CT molecular complexity index is 1380. The second-order valence-electron chi connectivity index (χ2n) is 11.5. The molecule has 0 spiro atoms. The zero-order valence-corrected chi connectivity index (χ0v) is 23.0. The van der Waals surface area contributed by atoms with Gasteiger partial charge in [0.15, 0.2) is 0 Å². The van der Waals surface area contributed by atoms with Crippen LogP contribution in [0.25, 0.3) is 10.9 Å². The quantitative estimate of drug-likeness (QED) is 0.265. The Kier molecular flexibility index (Phi) is 7.98. The molecule has 0 amide bonds. The molecule has 2 heterocycles. The van der Waals surface area contributed by atoms with Gasteiger partial charge in [0.1, 0.15) is 29.9 Å². The van der Waals surface area contributed by atoms with Crippen molar-refractivity contribution in [2.75, 3.05) is 18.0 Å². The van der Waals surface area contributed by atoms with E-state index in [2.05, 4.69) is 46.1 Å². The third kappa shape index (κ3) is 5.83. The summed E-state index contributed by atoms with van der Waals surface area (Å²) in [5, 5.41) is 21.7. The number of aromatic nitrogens is 5. The van der Waals surface area contributed by atoms with Crippen molar-refractivity contribution in [3.8, 4) is 0 Å². The van der Waals surface area contributed by atoms with Crippen molar-refractivity contribution < 1.29 is 13.9 Å². The fraction of sp³-hybridized carbons (Fsp3) is 0.500. The topological polar surface area (TPSA) is 72.0 Å². The number of rotatable bonds is 10. The van der Waals surface area contributed by atoms with Crippen LogP contribution in [0.2, 0.25) is 0 Å². The molecule has 39 heavy (non-hydrogen) atoms. The van der Waals surface area contributed by atoms with Crippen molar-refractivity contribution >= 4 is 16.6 Å². The number of nitrogens with zero attached hydrogens (tertiary/aromatic N) is 6. The summed E-state index contributed by atoms with van der Waals surface area (Å²) >= 11 is 0. The summed E-state index contributed by atoms with van der Waals surface area (Å²) in [6, 6.07) is 8.83. The standard InChI is InChI=1S/C30H38F2N6O/c1-21(2)16-36(17-23-7-5-4-6-8-23)26-10-12-29-24(13-26)15-34-38(29)22(3)30(39,18-37-20-33-19-35-37)27-11-9-25(31)14-28(27)32/h9-15,19-23,39H,4-8,16-18H2,1-3H3/t22-,30-/m1/s1. The average molecular weight is 537 g/mol. The fourth-order valence-corrected chi connectivity index (χ4v) is 6.00. The highest BCUT2D eigenvalue weighted by molar-refractivity contribution is 5.83. The van der Waals surface area contributed by atoms with Crippen LogP contribution in [0.15, 0.2) is 55.2 Å². The van der Waals surface area contributed by atoms with E-state index in [1.165, 1.54) is 55.5 Å². The van der Waals surface area contributed by atoms with Crippen molar-refractivity contribution in [2.45, 2.75) is 71.1 Å². The molecule has 0 radical (unpaired) electrons. The van der Waals surface area contributed by atoms with E-state index >= 15 is 4.39 Å². The highest BCUT2D eigenvalue weighted by atomic mass is 19.1. The fourth-order valence-electron chi connectivity index (χ4n) is 6.00. The Balaban J connectivity index is 1.49. The monoisotopic (exact) mass is 536 g/mol. The number of fused-ring (bicyclic) bond motifs is 1. The van der Waals surface area contributed by atoms with Crippen LogP contribution in [-0.4, -0.2) is 42.7 Å². The Morgan fingerprint density at radius 3 is 2.54 bits per heavy atom. The Morgan fingerprint density at radius 2 is 1.85 bits per heavy atom. The Morgan fingerprint density at radius 1 is 1.05 bits per heavy atom. The second kappa shape index (κ2) is 11.4. The smallest absolute Gasteiger partial charge is 0.137 e. The summed E-state index contributed by atoms with van der Waals surface area (Å²) in [5.41, 5.74) is 0.181. The first-order valence-corrected chi connectivity index (χ1v) is 14.0. The lowest BCUT2D eigenvalue weighted by molar-refractivity contribution is -0.0354. The van der Waals surface area contributed by atoms with Gasteiger partial charge in [-0.3, -0.25) is 4.68 Å². The molecule has 7 nitrogen and oxygen atoms in total. The molecule has 1 saturated carbocycles. The van der Waals surface area contributed by atoms with Crippen LogP contribution in [0.1, 0.15) is 64.5 Å². The molecule has 1 N–H and O–H groups in total. The van der Waals surface area contributed by atoms with E-state index in [0.717, 1.165) is 41.8 Å². The molecule has 4 aromatic rings. The molecule has 2 aromatic heterocycles. The van der Waals surface area contributed by atoms with Crippen LogP contribution >= 0.6 is 0 Å². The molecule has 5 rings (SSSR count). The molecule has 208 valence electrons. The highest BCUT2D eigenvalue weighted by Crippen LogP contribution is 2.38. The number of benzene rings is 2. The molecule has 0 aliphatic heterocycles. The molecule has 0 bridgehead atoms. The number of anilines is 1. The van der Waals surface area contributed by atoms with Crippen LogP contribution < -0.4 is 4.90 Å². The summed E-state index contributed by atoms with van der Waals surface area (Å²) in [6.07, 6.45) is 11.2. The van der Waals surface area contributed by atoms with Gasteiger partial charge in [-0.15, -0.1) is 0 Å². The molecule has 1 aliphatic rings. The summed E-state index contributed by atoms with van der Waals surface area (Å²) < 4.78 is 32.0. The van der Waals surface area contributed by atoms with Crippen molar-refractivity contribution in [2.24, 2.45) is 11.8 Å². The van der Waals surface area contributed by atoms with E-state index in [0.29, 0.717) is 11.8 Å². The minimum atomic E-state index is -1.78. The first kappa shape index (κ1) is 27.2. The van der Waals surface area contributed by atoms with E-state index in [9.17, 15) is 9.50 Å². The predicted molar refractivity (Wildman–Crippen MR) is 148 cm³/mol. The third-order valence-electron chi connectivity index (χ3n) is 8.06. The largest absolute Gasteiger partial charge is 0.381 e. The maximum Gasteiger partial charge on any atom is 0.137 e. The van der Waals surface area contributed by atoms with Crippen LogP contribution in [0.4, 0.5) is 14.5 Å². The predicted octanol–water partition coefficient (Wildman–Crippen LogP) is 6.10. The zero-order chi connectivity index (χ0) is 27.6. The lowest BCUT2D eigenvalue weighted by Crippen LogP contribution is -2.41.